The lowest BCUT2D eigenvalue weighted by atomic mass is 9.74. The predicted molar refractivity (Wildman–Crippen MR) is 116 cm³/mol. The fourth-order valence-corrected chi connectivity index (χ4v) is 3.96. The molecule has 0 heterocycles. The van der Waals surface area contributed by atoms with E-state index in [1.165, 1.54) is 0 Å². The van der Waals surface area contributed by atoms with Crippen LogP contribution >= 0.6 is 0 Å². The highest BCUT2D eigenvalue weighted by atomic mass is 16.5. The predicted octanol–water partition coefficient (Wildman–Crippen LogP) is 6.70. The third-order valence-corrected chi connectivity index (χ3v) is 5.56. The molecule has 28 heavy (non-hydrogen) atoms. The van der Waals surface area contributed by atoms with Gasteiger partial charge in [0.05, 0.1) is 5.60 Å². The molecule has 0 aliphatic heterocycles. The van der Waals surface area contributed by atoms with Gasteiger partial charge in [-0.25, -0.2) is 0 Å². The summed E-state index contributed by atoms with van der Waals surface area (Å²) in [6.45, 7) is 5.11. The molecular weight excluding hydrogens is 348 g/mol. The fourth-order valence-electron chi connectivity index (χ4n) is 3.96. The van der Waals surface area contributed by atoms with Crippen LogP contribution in [0.3, 0.4) is 0 Å². The van der Waals surface area contributed by atoms with Gasteiger partial charge in [0.1, 0.15) is 11.5 Å². The fraction of sp³-hybridized carbons (Fsp3) is 0.520. The average Bonchev–Trinajstić information content (AvgIpc) is 2.73. The number of rotatable bonds is 13. The third-order valence-electron chi connectivity index (χ3n) is 5.56. The summed E-state index contributed by atoms with van der Waals surface area (Å²) in [4.78, 5) is 0. The molecule has 2 atom stereocenters. The van der Waals surface area contributed by atoms with Crippen LogP contribution in [0.4, 0.5) is 0 Å². The molecule has 0 fully saturated rings. The maximum atomic E-state index is 12.0. The Hall–Kier alpha value is -1.84. The van der Waals surface area contributed by atoms with Gasteiger partial charge in [0.2, 0.25) is 0 Å². The highest BCUT2D eigenvalue weighted by Crippen LogP contribution is 2.44. The van der Waals surface area contributed by atoms with Gasteiger partial charge in [-0.3, -0.25) is 0 Å². The summed E-state index contributed by atoms with van der Waals surface area (Å²) in [6, 6.07) is 17.8. The highest BCUT2D eigenvalue weighted by molar-refractivity contribution is 5.41. The number of ether oxygens (including phenoxy) is 2. The lowest BCUT2D eigenvalue weighted by molar-refractivity contribution is -0.0421. The number of hydrogen-bond donors (Lipinski definition) is 1. The molecule has 2 rings (SSSR count). The molecular formula is C25H36O3. The van der Waals surface area contributed by atoms with Gasteiger partial charge in [-0.05, 0) is 49.8 Å². The van der Waals surface area contributed by atoms with Crippen molar-refractivity contribution in [1.82, 2.24) is 0 Å². The minimum atomic E-state index is -0.900. The Morgan fingerprint density at radius 3 is 2.32 bits per heavy atom. The van der Waals surface area contributed by atoms with Crippen molar-refractivity contribution in [2.24, 2.45) is 5.92 Å². The SMILES string of the molecule is CCCC[C@H](CC)[C@@](O)(CCCCOC)c1ccccc1Oc1ccccc1. The Labute approximate surface area is 170 Å². The first-order valence-corrected chi connectivity index (χ1v) is 10.7. The van der Waals surface area contributed by atoms with Crippen molar-refractivity contribution >= 4 is 0 Å². The molecule has 0 saturated carbocycles. The van der Waals surface area contributed by atoms with E-state index in [2.05, 4.69) is 13.8 Å². The normalized spacial score (nSPS) is 14.4. The van der Waals surface area contributed by atoms with Crippen LogP contribution in [0.25, 0.3) is 0 Å². The Morgan fingerprint density at radius 2 is 1.64 bits per heavy atom. The molecule has 0 aliphatic carbocycles. The van der Waals surface area contributed by atoms with Gasteiger partial charge in [-0.1, -0.05) is 69.5 Å². The second kappa shape index (κ2) is 11.9. The molecule has 0 unspecified atom stereocenters. The van der Waals surface area contributed by atoms with Gasteiger partial charge >= 0.3 is 0 Å². The molecule has 3 heteroatoms. The van der Waals surface area contributed by atoms with E-state index in [9.17, 15) is 5.11 Å². The second-order valence-electron chi connectivity index (χ2n) is 7.53. The smallest absolute Gasteiger partial charge is 0.133 e. The van der Waals surface area contributed by atoms with E-state index < -0.39 is 5.60 Å². The molecule has 0 saturated heterocycles. The average molecular weight is 385 g/mol. The zero-order valence-electron chi connectivity index (χ0n) is 17.7. The summed E-state index contributed by atoms with van der Waals surface area (Å²) >= 11 is 0. The van der Waals surface area contributed by atoms with Gasteiger partial charge in [0.15, 0.2) is 0 Å². The van der Waals surface area contributed by atoms with Gasteiger partial charge in [0.25, 0.3) is 0 Å². The quantitative estimate of drug-likeness (QED) is 0.391. The van der Waals surface area contributed by atoms with Gasteiger partial charge < -0.3 is 14.6 Å². The lowest BCUT2D eigenvalue weighted by Gasteiger charge is -2.38. The zero-order valence-corrected chi connectivity index (χ0v) is 17.7. The first-order chi connectivity index (χ1) is 13.7. The summed E-state index contributed by atoms with van der Waals surface area (Å²) < 4.78 is 11.4. The molecule has 3 nitrogen and oxygen atoms in total. The van der Waals surface area contributed by atoms with Gasteiger partial charge in [0, 0.05) is 19.3 Å². The third kappa shape index (κ3) is 6.08. The topological polar surface area (TPSA) is 38.7 Å². The maximum Gasteiger partial charge on any atom is 0.133 e. The molecule has 2 aromatic rings. The Balaban J connectivity index is 2.35. The van der Waals surface area contributed by atoms with Gasteiger partial charge in [-0.2, -0.15) is 0 Å². The number of hydrogen-bond acceptors (Lipinski definition) is 3. The molecule has 0 bridgehead atoms. The first-order valence-electron chi connectivity index (χ1n) is 10.7. The number of unbranched alkanes of at least 4 members (excludes halogenated alkanes) is 2. The van der Waals surface area contributed by atoms with Crippen molar-refractivity contribution in [3.05, 3.63) is 60.2 Å². The van der Waals surface area contributed by atoms with Crippen molar-refractivity contribution in [3.8, 4) is 11.5 Å². The van der Waals surface area contributed by atoms with E-state index in [0.29, 0.717) is 6.42 Å². The summed E-state index contributed by atoms with van der Waals surface area (Å²) in [5.41, 5.74) is 0.00229. The van der Waals surface area contributed by atoms with E-state index in [0.717, 1.165) is 62.2 Å². The van der Waals surface area contributed by atoms with Crippen LogP contribution in [0, 0.1) is 5.92 Å². The minimum absolute atomic E-state index is 0.204. The van der Waals surface area contributed by atoms with E-state index >= 15 is 0 Å². The van der Waals surface area contributed by atoms with Crippen LogP contribution in [0.15, 0.2) is 54.6 Å². The summed E-state index contributed by atoms with van der Waals surface area (Å²) in [5.74, 6) is 1.74. The van der Waals surface area contributed by atoms with Crippen LogP contribution in [0.1, 0.15) is 64.4 Å². The summed E-state index contributed by atoms with van der Waals surface area (Å²) in [6.07, 6.45) is 6.82. The number of methoxy groups -OCH3 is 1. The summed E-state index contributed by atoms with van der Waals surface area (Å²) in [7, 11) is 1.73. The number of aliphatic hydroxyl groups is 1. The first kappa shape index (κ1) is 22.4. The maximum absolute atomic E-state index is 12.0. The van der Waals surface area contributed by atoms with Crippen molar-refractivity contribution in [3.63, 3.8) is 0 Å². The van der Waals surface area contributed by atoms with Gasteiger partial charge in [-0.15, -0.1) is 0 Å². The molecule has 0 radical (unpaired) electrons. The molecule has 2 aromatic carbocycles. The zero-order chi connectivity index (χ0) is 20.2. The molecule has 0 spiro atoms. The van der Waals surface area contributed by atoms with Crippen molar-refractivity contribution in [2.75, 3.05) is 13.7 Å². The molecule has 0 aliphatic rings. The molecule has 0 aromatic heterocycles. The van der Waals surface area contributed by atoms with Crippen LogP contribution in [0.5, 0.6) is 11.5 Å². The van der Waals surface area contributed by atoms with Crippen molar-refractivity contribution in [1.29, 1.82) is 0 Å². The highest BCUT2D eigenvalue weighted by Gasteiger charge is 2.38. The summed E-state index contributed by atoms with van der Waals surface area (Å²) in [5, 5.41) is 12.0. The van der Waals surface area contributed by atoms with Crippen LogP contribution in [-0.4, -0.2) is 18.8 Å². The number of benzene rings is 2. The van der Waals surface area contributed by atoms with E-state index in [-0.39, 0.29) is 5.92 Å². The number of para-hydroxylation sites is 2. The molecule has 154 valence electrons. The largest absolute Gasteiger partial charge is 0.457 e. The van der Waals surface area contributed by atoms with Crippen molar-refractivity contribution in [2.45, 2.75) is 64.4 Å². The van der Waals surface area contributed by atoms with E-state index in [1.54, 1.807) is 7.11 Å². The molecule has 1 N–H and O–H groups in total. The Morgan fingerprint density at radius 1 is 0.929 bits per heavy atom. The Bertz CT molecular complexity index is 671. The Kier molecular flexibility index (Phi) is 9.52. The van der Waals surface area contributed by atoms with E-state index in [4.69, 9.17) is 9.47 Å². The van der Waals surface area contributed by atoms with Crippen LogP contribution in [-0.2, 0) is 10.3 Å². The standard InChI is InChI=1S/C25H36O3/c1-4-6-14-21(5-2)25(26,19-12-13-20-27-3)23-17-10-11-18-24(23)28-22-15-8-7-9-16-22/h7-11,15-18,21,26H,4-6,12-14,19-20H2,1-3H3/t21-,25-/m0/s1. The monoisotopic (exact) mass is 384 g/mol. The van der Waals surface area contributed by atoms with Crippen molar-refractivity contribution < 1.29 is 14.6 Å². The van der Waals surface area contributed by atoms with Crippen LogP contribution in [0.2, 0.25) is 0 Å². The lowest BCUT2D eigenvalue weighted by Crippen LogP contribution is -2.35. The minimum Gasteiger partial charge on any atom is -0.457 e. The molecule has 0 amide bonds. The second-order valence-corrected chi connectivity index (χ2v) is 7.53. The van der Waals surface area contributed by atoms with Crippen LogP contribution < -0.4 is 4.74 Å². The van der Waals surface area contributed by atoms with E-state index in [1.807, 2.05) is 54.6 Å².